The first-order valence-corrected chi connectivity index (χ1v) is 10.4. The molecule has 0 saturated heterocycles. The minimum atomic E-state index is 0.693. The van der Waals surface area contributed by atoms with Gasteiger partial charge in [-0.25, -0.2) is 0 Å². The minimum absolute atomic E-state index is 0.693. The van der Waals surface area contributed by atoms with E-state index in [-0.39, 0.29) is 0 Å². The molecule has 2 nitrogen and oxygen atoms in total. The number of unbranched alkanes of at least 4 members (excludes halogenated alkanes) is 2. The van der Waals surface area contributed by atoms with Crippen LogP contribution in [0.4, 0.5) is 5.69 Å². The van der Waals surface area contributed by atoms with Crippen LogP contribution in [0.15, 0.2) is 48.5 Å². The van der Waals surface area contributed by atoms with Gasteiger partial charge < -0.3 is 10.6 Å². The van der Waals surface area contributed by atoms with E-state index in [1.165, 1.54) is 74.7 Å². The molecule has 0 heterocycles. The third-order valence-electron chi connectivity index (χ3n) is 5.77. The molecule has 2 heteroatoms. The second kappa shape index (κ2) is 9.78. The number of fused-ring (bicyclic) bond motifs is 1. The SMILES string of the molecule is CCCN(CCCCCc1ccccc1)C1CCc2c(N)cccc2C1. The van der Waals surface area contributed by atoms with Gasteiger partial charge in [0.15, 0.2) is 0 Å². The van der Waals surface area contributed by atoms with E-state index in [2.05, 4.69) is 60.4 Å². The van der Waals surface area contributed by atoms with Crippen LogP contribution in [0.25, 0.3) is 0 Å². The van der Waals surface area contributed by atoms with Crippen LogP contribution in [0.1, 0.15) is 55.7 Å². The first kappa shape index (κ1) is 19.0. The summed E-state index contributed by atoms with van der Waals surface area (Å²) in [6.07, 6.45) is 9.96. The maximum Gasteiger partial charge on any atom is 0.0349 e. The number of aryl methyl sites for hydroxylation is 1. The Morgan fingerprint density at radius 3 is 2.62 bits per heavy atom. The largest absolute Gasteiger partial charge is 0.398 e. The molecule has 0 saturated carbocycles. The number of hydrogen-bond acceptors (Lipinski definition) is 2. The van der Waals surface area contributed by atoms with Crippen LogP contribution < -0.4 is 5.73 Å². The quantitative estimate of drug-likeness (QED) is 0.494. The lowest BCUT2D eigenvalue weighted by molar-refractivity contribution is 0.176. The molecule has 0 bridgehead atoms. The Balaban J connectivity index is 1.47. The monoisotopic (exact) mass is 350 g/mol. The summed E-state index contributed by atoms with van der Waals surface area (Å²) in [4.78, 5) is 2.74. The molecule has 0 spiro atoms. The van der Waals surface area contributed by atoms with Crippen LogP contribution in [0.2, 0.25) is 0 Å². The summed E-state index contributed by atoms with van der Waals surface area (Å²) in [6.45, 7) is 4.77. The molecule has 0 fully saturated rings. The minimum Gasteiger partial charge on any atom is -0.398 e. The fraction of sp³-hybridized carbons (Fsp3) is 0.500. The Kier molecular flexibility index (Phi) is 7.13. The van der Waals surface area contributed by atoms with Gasteiger partial charge in [0.2, 0.25) is 0 Å². The molecule has 140 valence electrons. The predicted octanol–water partition coefficient (Wildman–Crippen LogP) is 5.25. The van der Waals surface area contributed by atoms with E-state index in [0.29, 0.717) is 6.04 Å². The van der Waals surface area contributed by atoms with Crippen molar-refractivity contribution in [3.63, 3.8) is 0 Å². The summed E-state index contributed by atoms with van der Waals surface area (Å²) in [6, 6.07) is 18.0. The smallest absolute Gasteiger partial charge is 0.0349 e. The standard InChI is InChI=1S/C24H34N2/c1-2-17-26(18-8-4-7-12-20-10-5-3-6-11-20)22-15-16-23-21(19-22)13-9-14-24(23)25/h3,5-6,9-11,13-14,22H,2,4,7-8,12,15-19,25H2,1H3. The summed E-state index contributed by atoms with van der Waals surface area (Å²) in [5.41, 5.74) is 11.5. The zero-order chi connectivity index (χ0) is 18.2. The van der Waals surface area contributed by atoms with Crippen LogP contribution in [-0.2, 0) is 19.3 Å². The number of hydrogen-bond donors (Lipinski definition) is 1. The predicted molar refractivity (Wildman–Crippen MR) is 113 cm³/mol. The van der Waals surface area contributed by atoms with E-state index in [4.69, 9.17) is 5.73 Å². The fourth-order valence-corrected chi connectivity index (χ4v) is 4.36. The summed E-state index contributed by atoms with van der Waals surface area (Å²) in [5, 5.41) is 0. The van der Waals surface area contributed by atoms with Crippen molar-refractivity contribution < 1.29 is 0 Å². The summed E-state index contributed by atoms with van der Waals surface area (Å²) >= 11 is 0. The molecule has 1 aliphatic rings. The molecule has 1 atom stereocenters. The van der Waals surface area contributed by atoms with E-state index >= 15 is 0 Å². The van der Waals surface area contributed by atoms with Gasteiger partial charge in [-0.2, -0.15) is 0 Å². The molecule has 1 unspecified atom stereocenters. The number of anilines is 1. The van der Waals surface area contributed by atoms with Crippen molar-refractivity contribution in [2.75, 3.05) is 18.8 Å². The van der Waals surface area contributed by atoms with Crippen molar-refractivity contribution in [2.24, 2.45) is 0 Å². The normalized spacial score (nSPS) is 16.6. The molecule has 2 aromatic rings. The number of nitrogens with two attached hydrogens (primary N) is 1. The van der Waals surface area contributed by atoms with Gasteiger partial charge in [0.1, 0.15) is 0 Å². The second-order valence-electron chi connectivity index (χ2n) is 7.71. The highest BCUT2D eigenvalue weighted by Gasteiger charge is 2.24. The lowest BCUT2D eigenvalue weighted by Crippen LogP contribution is -2.40. The van der Waals surface area contributed by atoms with Crippen molar-refractivity contribution in [3.8, 4) is 0 Å². The number of nitrogen functional groups attached to an aromatic ring is 1. The average molecular weight is 351 g/mol. The highest BCUT2D eigenvalue weighted by molar-refractivity contribution is 5.52. The molecule has 0 amide bonds. The van der Waals surface area contributed by atoms with Crippen molar-refractivity contribution in [1.82, 2.24) is 4.90 Å². The molecule has 1 aliphatic carbocycles. The lowest BCUT2D eigenvalue weighted by Gasteiger charge is -2.35. The van der Waals surface area contributed by atoms with E-state index in [1.54, 1.807) is 0 Å². The zero-order valence-corrected chi connectivity index (χ0v) is 16.3. The molecular weight excluding hydrogens is 316 g/mol. The molecule has 2 aromatic carbocycles. The first-order chi connectivity index (χ1) is 12.8. The molecule has 3 rings (SSSR count). The Morgan fingerprint density at radius 1 is 0.962 bits per heavy atom. The van der Waals surface area contributed by atoms with Gasteiger partial charge in [-0.15, -0.1) is 0 Å². The average Bonchev–Trinajstić information content (AvgIpc) is 2.68. The van der Waals surface area contributed by atoms with Gasteiger partial charge in [-0.1, -0.05) is 55.8 Å². The fourth-order valence-electron chi connectivity index (χ4n) is 4.36. The Morgan fingerprint density at radius 2 is 1.81 bits per heavy atom. The van der Waals surface area contributed by atoms with Gasteiger partial charge in [0.05, 0.1) is 0 Å². The number of benzene rings is 2. The molecule has 0 aromatic heterocycles. The van der Waals surface area contributed by atoms with Crippen LogP contribution in [0, 0.1) is 0 Å². The van der Waals surface area contributed by atoms with Crippen LogP contribution in [0.5, 0.6) is 0 Å². The molecular formula is C24H34N2. The molecule has 0 aliphatic heterocycles. The van der Waals surface area contributed by atoms with Crippen molar-refractivity contribution in [3.05, 3.63) is 65.2 Å². The van der Waals surface area contributed by atoms with Gasteiger partial charge in [0, 0.05) is 11.7 Å². The van der Waals surface area contributed by atoms with E-state index in [9.17, 15) is 0 Å². The summed E-state index contributed by atoms with van der Waals surface area (Å²) in [5.74, 6) is 0. The topological polar surface area (TPSA) is 29.3 Å². The van der Waals surface area contributed by atoms with E-state index < -0.39 is 0 Å². The van der Waals surface area contributed by atoms with Crippen LogP contribution >= 0.6 is 0 Å². The summed E-state index contributed by atoms with van der Waals surface area (Å²) < 4.78 is 0. The van der Waals surface area contributed by atoms with Crippen molar-refractivity contribution in [2.45, 2.75) is 64.3 Å². The highest BCUT2D eigenvalue weighted by atomic mass is 15.1. The van der Waals surface area contributed by atoms with Crippen molar-refractivity contribution >= 4 is 5.69 Å². The summed E-state index contributed by atoms with van der Waals surface area (Å²) in [7, 11) is 0. The Hall–Kier alpha value is -1.80. The zero-order valence-electron chi connectivity index (χ0n) is 16.3. The maximum atomic E-state index is 6.17. The highest BCUT2D eigenvalue weighted by Crippen LogP contribution is 2.28. The molecule has 2 N–H and O–H groups in total. The first-order valence-electron chi connectivity index (χ1n) is 10.4. The Labute approximate surface area is 159 Å². The van der Waals surface area contributed by atoms with E-state index in [1.807, 2.05) is 0 Å². The Bertz CT molecular complexity index is 665. The van der Waals surface area contributed by atoms with Gasteiger partial charge in [-0.3, -0.25) is 0 Å². The second-order valence-corrected chi connectivity index (χ2v) is 7.71. The number of nitrogens with zero attached hydrogens (tertiary/aromatic N) is 1. The third kappa shape index (κ3) is 5.11. The van der Waals surface area contributed by atoms with Gasteiger partial charge >= 0.3 is 0 Å². The third-order valence-corrected chi connectivity index (χ3v) is 5.77. The van der Waals surface area contributed by atoms with Crippen LogP contribution in [-0.4, -0.2) is 24.0 Å². The molecule has 26 heavy (non-hydrogen) atoms. The lowest BCUT2D eigenvalue weighted by atomic mass is 9.86. The maximum absolute atomic E-state index is 6.17. The molecule has 0 radical (unpaired) electrons. The number of rotatable bonds is 9. The van der Waals surface area contributed by atoms with E-state index in [0.717, 1.165) is 12.1 Å². The van der Waals surface area contributed by atoms with Gasteiger partial charge in [-0.05, 0) is 80.8 Å². The van der Waals surface area contributed by atoms with Crippen molar-refractivity contribution in [1.29, 1.82) is 0 Å². The van der Waals surface area contributed by atoms with Gasteiger partial charge in [0.25, 0.3) is 0 Å². The van der Waals surface area contributed by atoms with Crippen LogP contribution in [0.3, 0.4) is 0 Å².